The predicted octanol–water partition coefficient (Wildman–Crippen LogP) is 2.83. The highest BCUT2D eigenvalue weighted by Crippen LogP contribution is 2.42. The molecule has 1 N–H and O–H groups in total. The summed E-state index contributed by atoms with van der Waals surface area (Å²) in [6, 6.07) is 5.10. The van der Waals surface area contributed by atoms with Gasteiger partial charge in [0.1, 0.15) is 11.6 Å². The van der Waals surface area contributed by atoms with Crippen LogP contribution in [0.2, 0.25) is 0 Å². The molecule has 1 atom stereocenters. The molecule has 1 aliphatic rings. The van der Waals surface area contributed by atoms with Gasteiger partial charge in [0.15, 0.2) is 0 Å². The number of nitrogens with zero attached hydrogens (tertiary/aromatic N) is 1. The molecule has 3 nitrogen and oxygen atoms in total. The van der Waals surface area contributed by atoms with E-state index in [0.717, 1.165) is 31.7 Å². The molecule has 0 amide bonds. The van der Waals surface area contributed by atoms with Crippen molar-refractivity contribution in [2.24, 2.45) is 5.41 Å². The molecule has 0 aromatic heterocycles. The van der Waals surface area contributed by atoms with Crippen molar-refractivity contribution < 1.29 is 9.13 Å². The van der Waals surface area contributed by atoms with Crippen LogP contribution in [0, 0.1) is 11.2 Å². The SMILES string of the molecule is COc1cc(F)ccc1[C@@H](N1CCNCC1)C(C)(C)C. The minimum atomic E-state index is -0.251. The molecule has 1 saturated heterocycles. The number of benzene rings is 1. The third-order valence-electron chi connectivity index (χ3n) is 3.83. The Morgan fingerprint density at radius 3 is 2.45 bits per heavy atom. The van der Waals surface area contributed by atoms with E-state index in [4.69, 9.17) is 4.74 Å². The van der Waals surface area contributed by atoms with Crippen molar-refractivity contribution in [3.8, 4) is 5.75 Å². The van der Waals surface area contributed by atoms with Gasteiger partial charge in [0.2, 0.25) is 0 Å². The Hall–Kier alpha value is -1.13. The summed E-state index contributed by atoms with van der Waals surface area (Å²) in [6.07, 6.45) is 0. The van der Waals surface area contributed by atoms with Crippen LogP contribution in [-0.2, 0) is 0 Å². The largest absolute Gasteiger partial charge is 0.496 e. The van der Waals surface area contributed by atoms with Gasteiger partial charge in [-0.1, -0.05) is 26.8 Å². The molecule has 0 radical (unpaired) electrons. The van der Waals surface area contributed by atoms with Crippen molar-refractivity contribution >= 4 is 0 Å². The van der Waals surface area contributed by atoms with E-state index in [9.17, 15) is 4.39 Å². The van der Waals surface area contributed by atoms with E-state index in [0.29, 0.717) is 5.75 Å². The van der Waals surface area contributed by atoms with Crippen LogP contribution >= 0.6 is 0 Å². The molecular formula is C16H25FN2O. The highest BCUT2D eigenvalue weighted by Gasteiger charge is 2.34. The molecule has 1 aliphatic heterocycles. The molecular weight excluding hydrogens is 255 g/mol. The summed E-state index contributed by atoms with van der Waals surface area (Å²) in [6.45, 7) is 10.7. The summed E-state index contributed by atoms with van der Waals surface area (Å²) in [5, 5.41) is 3.38. The van der Waals surface area contributed by atoms with E-state index in [1.165, 1.54) is 12.1 Å². The molecule has 112 valence electrons. The van der Waals surface area contributed by atoms with Gasteiger partial charge in [-0.15, -0.1) is 0 Å². The molecule has 1 aromatic carbocycles. The molecule has 0 bridgehead atoms. The van der Waals surface area contributed by atoms with E-state index in [1.54, 1.807) is 7.11 Å². The smallest absolute Gasteiger partial charge is 0.126 e. The van der Waals surface area contributed by atoms with E-state index >= 15 is 0 Å². The number of ether oxygens (including phenoxy) is 1. The van der Waals surface area contributed by atoms with Crippen LogP contribution in [0.5, 0.6) is 5.75 Å². The fourth-order valence-corrected chi connectivity index (χ4v) is 3.06. The Labute approximate surface area is 121 Å². The molecule has 1 fully saturated rings. The Morgan fingerprint density at radius 2 is 1.90 bits per heavy atom. The standard InChI is InChI=1S/C16H25FN2O/c1-16(2,3)15(19-9-7-18-8-10-19)13-6-5-12(17)11-14(13)20-4/h5-6,11,15,18H,7-10H2,1-4H3/t15-/m1/s1. The summed E-state index contributed by atoms with van der Waals surface area (Å²) in [4.78, 5) is 2.46. The van der Waals surface area contributed by atoms with E-state index in [1.807, 2.05) is 6.07 Å². The Balaban J connectivity index is 2.40. The first-order valence-electron chi connectivity index (χ1n) is 7.21. The van der Waals surface area contributed by atoms with Crippen molar-refractivity contribution in [3.63, 3.8) is 0 Å². The lowest BCUT2D eigenvalue weighted by Gasteiger charge is -2.43. The van der Waals surface area contributed by atoms with Gasteiger partial charge < -0.3 is 10.1 Å². The van der Waals surface area contributed by atoms with Crippen LogP contribution < -0.4 is 10.1 Å². The summed E-state index contributed by atoms with van der Waals surface area (Å²) in [5.41, 5.74) is 1.13. The number of methoxy groups -OCH3 is 1. The van der Waals surface area contributed by atoms with Crippen molar-refractivity contribution in [1.29, 1.82) is 0 Å². The topological polar surface area (TPSA) is 24.5 Å². The van der Waals surface area contributed by atoms with Gasteiger partial charge in [-0.05, 0) is 11.5 Å². The molecule has 0 aliphatic carbocycles. The van der Waals surface area contributed by atoms with Crippen LogP contribution in [0.25, 0.3) is 0 Å². The van der Waals surface area contributed by atoms with Gasteiger partial charge in [0, 0.05) is 43.9 Å². The van der Waals surface area contributed by atoms with Crippen LogP contribution in [0.15, 0.2) is 18.2 Å². The fraction of sp³-hybridized carbons (Fsp3) is 0.625. The minimum Gasteiger partial charge on any atom is -0.496 e. The van der Waals surface area contributed by atoms with Crippen molar-refractivity contribution in [2.75, 3.05) is 33.3 Å². The van der Waals surface area contributed by atoms with Crippen molar-refractivity contribution in [2.45, 2.75) is 26.8 Å². The van der Waals surface area contributed by atoms with E-state index in [-0.39, 0.29) is 17.3 Å². The molecule has 2 rings (SSSR count). The summed E-state index contributed by atoms with van der Waals surface area (Å²) in [7, 11) is 1.61. The maximum absolute atomic E-state index is 13.4. The second kappa shape index (κ2) is 6.10. The first-order chi connectivity index (χ1) is 9.43. The monoisotopic (exact) mass is 280 g/mol. The second-order valence-corrected chi connectivity index (χ2v) is 6.44. The molecule has 1 heterocycles. The van der Waals surface area contributed by atoms with Crippen LogP contribution in [-0.4, -0.2) is 38.2 Å². The zero-order valence-corrected chi connectivity index (χ0v) is 12.9. The quantitative estimate of drug-likeness (QED) is 0.921. The van der Waals surface area contributed by atoms with Gasteiger partial charge >= 0.3 is 0 Å². The number of hydrogen-bond donors (Lipinski definition) is 1. The summed E-state index contributed by atoms with van der Waals surface area (Å²) in [5.74, 6) is 0.391. The highest BCUT2D eigenvalue weighted by molar-refractivity contribution is 5.37. The van der Waals surface area contributed by atoms with Crippen molar-refractivity contribution in [1.82, 2.24) is 10.2 Å². The van der Waals surface area contributed by atoms with Gasteiger partial charge in [-0.2, -0.15) is 0 Å². The Kier molecular flexibility index (Phi) is 4.66. The lowest BCUT2D eigenvalue weighted by molar-refractivity contribution is 0.0841. The molecule has 0 unspecified atom stereocenters. The summed E-state index contributed by atoms with van der Waals surface area (Å²) >= 11 is 0. The lowest BCUT2D eigenvalue weighted by atomic mass is 9.80. The zero-order valence-electron chi connectivity index (χ0n) is 12.9. The number of halogens is 1. The normalized spacial score (nSPS) is 18.9. The average molecular weight is 280 g/mol. The second-order valence-electron chi connectivity index (χ2n) is 6.44. The number of rotatable bonds is 3. The van der Waals surface area contributed by atoms with Crippen LogP contribution in [0.3, 0.4) is 0 Å². The first-order valence-corrected chi connectivity index (χ1v) is 7.21. The maximum atomic E-state index is 13.4. The molecule has 4 heteroatoms. The van der Waals surface area contributed by atoms with Crippen LogP contribution in [0.4, 0.5) is 4.39 Å². The molecule has 20 heavy (non-hydrogen) atoms. The average Bonchev–Trinajstić information content (AvgIpc) is 2.40. The Morgan fingerprint density at radius 1 is 1.25 bits per heavy atom. The fourth-order valence-electron chi connectivity index (χ4n) is 3.06. The van der Waals surface area contributed by atoms with Gasteiger partial charge in [0.25, 0.3) is 0 Å². The van der Waals surface area contributed by atoms with Crippen LogP contribution in [0.1, 0.15) is 32.4 Å². The predicted molar refractivity (Wildman–Crippen MR) is 79.6 cm³/mol. The lowest BCUT2D eigenvalue weighted by Crippen LogP contribution is -2.48. The molecule has 0 saturated carbocycles. The van der Waals surface area contributed by atoms with Gasteiger partial charge in [-0.3, -0.25) is 4.90 Å². The van der Waals surface area contributed by atoms with Crippen molar-refractivity contribution in [3.05, 3.63) is 29.6 Å². The Bertz CT molecular complexity index is 450. The van der Waals surface area contributed by atoms with E-state index < -0.39 is 0 Å². The van der Waals surface area contributed by atoms with E-state index in [2.05, 4.69) is 31.0 Å². The van der Waals surface area contributed by atoms with Gasteiger partial charge in [-0.25, -0.2) is 4.39 Å². The highest BCUT2D eigenvalue weighted by atomic mass is 19.1. The maximum Gasteiger partial charge on any atom is 0.126 e. The number of piperazine rings is 1. The summed E-state index contributed by atoms with van der Waals surface area (Å²) < 4.78 is 18.8. The number of hydrogen-bond acceptors (Lipinski definition) is 3. The zero-order chi connectivity index (χ0) is 14.8. The number of nitrogens with one attached hydrogen (secondary N) is 1. The minimum absolute atomic E-state index is 0.0580. The third-order valence-corrected chi connectivity index (χ3v) is 3.83. The molecule has 0 spiro atoms. The first kappa shape index (κ1) is 15.3. The van der Waals surface area contributed by atoms with Gasteiger partial charge in [0.05, 0.1) is 7.11 Å². The molecule has 1 aromatic rings. The third kappa shape index (κ3) is 3.30.